The number of hydrogen-bond acceptors (Lipinski definition) is 2. The molecule has 1 saturated heterocycles. The zero-order valence-corrected chi connectivity index (χ0v) is 16.3. The second-order valence-corrected chi connectivity index (χ2v) is 8.16. The largest absolute Gasteiger partial charge is 0.355 e. The maximum absolute atomic E-state index is 13.0. The molecule has 0 spiro atoms. The van der Waals surface area contributed by atoms with Crippen molar-refractivity contribution in [2.75, 3.05) is 19.6 Å². The van der Waals surface area contributed by atoms with Gasteiger partial charge in [-0.3, -0.25) is 9.59 Å². The highest BCUT2D eigenvalue weighted by Crippen LogP contribution is 2.43. The molecule has 0 bridgehead atoms. The minimum atomic E-state index is -0.364. The third kappa shape index (κ3) is 3.82. The zero-order chi connectivity index (χ0) is 19.4. The first-order valence-electron chi connectivity index (χ1n) is 10.3. The highest BCUT2D eigenvalue weighted by molar-refractivity contribution is 5.89. The van der Waals surface area contributed by atoms with Gasteiger partial charge in [0.15, 0.2) is 0 Å². The Labute approximate surface area is 166 Å². The Kier molecular flexibility index (Phi) is 5.47. The number of hydrogen-bond donors (Lipinski definition) is 1. The Morgan fingerprint density at radius 1 is 1.04 bits per heavy atom. The van der Waals surface area contributed by atoms with Crippen molar-refractivity contribution in [3.63, 3.8) is 0 Å². The van der Waals surface area contributed by atoms with E-state index in [9.17, 15) is 9.59 Å². The molecule has 4 heteroatoms. The van der Waals surface area contributed by atoms with E-state index in [1.54, 1.807) is 0 Å². The van der Waals surface area contributed by atoms with E-state index < -0.39 is 0 Å². The Morgan fingerprint density at radius 2 is 1.71 bits per heavy atom. The fourth-order valence-electron chi connectivity index (χ4n) is 4.46. The second-order valence-electron chi connectivity index (χ2n) is 8.16. The van der Waals surface area contributed by atoms with Gasteiger partial charge in [-0.2, -0.15) is 0 Å². The molecule has 1 heterocycles. The molecule has 2 amide bonds. The highest BCUT2D eigenvalue weighted by Gasteiger charge is 2.45. The highest BCUT2D eigenvalue weighted by atomic mass is 16.2. The second kappa shape index (κ2) is 8.17. The van der Waals surface area contributed by atoms with Gasteiger partial charge in [-0.15, -0.1) is 0 Å². The molecule has 28 heavy (non-hydrogen) atoms. The SMILES string of the molecule is O=C1C[C@@H](CNC(=O)C2(c3ccccc3)CCC2)CN1CCc1ccccc1. The summed E-state index contributed by atoms with van der Waals surface area (Å²) in [6.07, 6.45) is 4.33. The van der Waals surface area contributed by atoms with Crippen LogP contribution in [0.4, 0.5) is 0 Å². The van der Waals surface area contributed by atoms with Crippen LogP contribution in [0.2, 0.25) is 0 Å². The molecule has 0 unspecified atom stereocenters. The van der Waals surface area contributed by atoms with Crippen LogP contribution in [0.3, 0.4) is 0 Å². The molecule has 0 aromatic heterocycles. The molecule has 0 radical (unpaired) electrons. The van der Waals surface area contributed by atoms with Gasteiger partial charge in [-0.25, -0.2) is 0 Å². The van der Waals surface area contributed by atoms with Crippen molar-refractivity contribution >= 4 is 11.8 Å². The summed E-state index contributed by atoms with van der Waals surface area (Å²) < 4.78 is 0. The fourth-order valence-corrected chi connectivity index (χ4v) is 4.46. The summed E-state index contributed by atoms with van der Waals surface area (Å²) in [4.78, 5) is 27.3. The van der Waals surface area contributed by atoms with Crippen LogP contribution in [-0.4, -0.2) is 36.3 Å². The van der Waals surface area contributed by atoms with Crippen LogP contribution in [0.1, 0.15) is 36.8 Å². The Bertz CT molecular complexity index is 815. The van der Waals surface area contributed by atoms with E-state index in [2.05, 4.69) is 29.6 Å². The monoisotopic (exact) mass is 376 g/mol. The van der Waals surface area contributed by atoms with Crippen molar-refractivity contribution in [1.29, 1.82) is 0 Å². The van der Waals surface area contributed by atoms with Crippen molar-refractivity contribution in [2.24, 2.45) is 5.92 Å². The Balaban J connectivity index is 1.29. The quantitative estimate of drug-likeness (QED) is 0.806. The third-order valence-electron chi connectivity index (χ3n) is 6.33. The maximum Gasteiger partial charge on any atom is 0.230 e. The third-order valence-corrected chi connectivity index (χ3v) is 6.33. The zero-order valence-electron chi connectivity index (χ0n) is 16.3. The van der Waals surface area contributed by atoms with Crippen LogP contribution in [0.5, 0.6) is 0 Å². The number of benzene rings is 2. The van der Waals surface area contributed by atoms with Crippen LogP contribution in [0.25, 0.3) is 0 Å². The average Bonchev–Trinajstić information content (AvgIpc) is 3.05. The lowest BCUT2D eigenvalue weighted by Gasteiger charge is -2.41. The molecule has 2 aromatic carbocycles. The van der Waals surface area contributed by atoms with E-state index in [4.69, 9.17) is 0 Å². The van der Waals surface area contributed by atoms with E-state index >= 15 is 0 Å². The summed E-state index contributed by atoms with van der Waals surface area (Å²) in [6, 6.07) is 20.4. The summed E-state index contributed by atoms with van der Waals surface area (Å²) in [5, 5.41) is 3.16. The van der Waals surface area contributed by atoms with Gasteiger partial charge in [0.25, 0.3) is 0 Å². The first kappa shape index (κ1) is 18.7. The lowest BCUT2D eigenvalue weighted by atomic mass is 9.64. The Morgan fingerprint density at radius 3 is 2.36 bits per heavy atom. The van der Waals surface area contributed by atoms with Gasteiger partial charge in [0.05, 0.1) is 5.41 Å². The molecule has 4 rings (SSSR count). The molecule has 1 N–H and O–H groups in total. The summed E-state index contributed by atoms with van der Waals surface area (Å²) in [5.74, 6) is 0.539. The normalized spacial score (nSPS) is 20.6. The van der Waals surface area contributed by atoms with Gasteiger partial charge >= 0.3 is 0 Å². The molecule has 2 fully saturated rings. The summed E-state index contributed by atoms with van der Waals surface area (Å²) in [6.45, 7) is 2.08. The molecule has 1 aliphatic carbocycles. The van der Waals surface area contributed by atoms with Crippen LogP contribution < -0.4 is 5.32 Å². The predicted octanol–water partition coefficient (Wildman–Crippen LogP) is 3.32. The van der Waals surface area contributed by atoms with Gasteiger partial charge < -0.3 is 10.2 Å². The van der Waals surface area contributed by atoms with E-state index in [1.807, 2.05) is 41.3 Å². The van der Waals surface area contributed by atoms with Crippen molar-refractivity contribution in [2.45, 2.75) is 37.5 Å². The minimum absolute atomic E-state index is 0.125. The average molecular weight is 377 g/mol. The van der Waals surface area contributed by atoms with Crippen LogP contribution >= 0.6 is 0 Å². The molecule has 1 saturated carbocycles. The fraction of sp³-hybridized carbons (Fsp3) is 0.417. The molecule has 1 atom stereocenters. The molecule has 1 aliphatic heterocycles. The van der Waals surface area contributed by atoms with E-state index in [0.717, 1.165) is 44.3 Å². The lowest BCUT2D eigenvalue weighted by Crippen LogP contribution is -2.50. The number of nitrogens with one attached hydrogen (secondary N) is 1. The van der Waals surface area contributed by atoms with Crippen LogP contribution in [0, 0.1) is 5.92 Å². The number of likely N-dealkylation sites (tertiary alicyclic amines) is 1. The van der Waals surface area contributed by atoms with Crippen LogP contribution in [0.15, 0.2) is 60.7 Å². The topological polar surface area (TPSA) is 49.4 Å². The Hall–Kier alpha value is -2.62. The molecule has 4 nitrogen and oxygen atoms in total. The molecule has 2 aliphatic rings. The first-order chi connectivity index (χ1) is 13.7. The van der Waals surface area contributed by atoms with Crippen molar-refractivity contribution in [3.8, 4) is 0 Å². The number of carbonyl (C=O) groups is 2. The van der Waals surface area contributed by atoms with Crippen molar-refractivity contribution < 1.29 is 9.59 Å². The number of carbonyl (C=O) groups excluding carboxylic acids is 2. The van der Waals surface area contributed by atoms with Gasteiger partial charge in [-0.05, 0) is 30.4 Å². The van der Waals surface area contributed by atoms with Gasteiger partial charge in [0, 0.05) is 32.0 Å². The maximum atomic E-state index is 13.0. The molecule has 2 aromatic rings. The number of amides is 2. The van der Waals surface area contributed by atoms with E-state index in [-0.39, 0.29) is 23.1 Å². The smallest absolute Gasteiger partial charge is 0.230 e. The van der Waals surface area contributed by atoms with E-state index in [1.165, 1.54) is 5.56 Å². The van der Waals surface area contributed by atoms with Crippen LogP contribution in [-0.2, 0) is 21.4 Å². The van der Waals surface area contributed by atoms with E-state index in [0.29, 0.717) is 13.0 Å². The lowest BCUT2D eigenvalue weighted by molar-refractivity contribution is -0.130. The standard InChI is InChI=1S/C24H28N2O2/c27-22-16-20(18-26(22)15-12-19-8-3-1-4-9-19)17-25-23(28)24(13-7-14-24)21-10-5-2-6-11-21/h1-6,8-11,20H,7,12-18H2,(H,25,28)/t20-/m0/s1. The molecular formula is C24H28N2O2. The van der Waals surface area contributed by atoms with Gasteiger partial charge in [-0.1, -0.05) is 67.1 Å². The number of rotatable bonds is 7. The predicted molar refractivity (Wildman–Crippen MR) is 110 cm³/mol. The first-order valence-corrected chi connectivity index (χ1v) is 10.3. The van der Waals surface area contributed by atoms with Gasteiger partial charge in [0.1, 0.15) is 0 Å². The van der Waals surface area contributed by atoms with Crippen molar-refractivity contribution in [1.82, 2.24) is 10.2 Å². The molecule has 146 valence electrons. The molecular weight excluding hydrogens is 348 g/mol. The summed E-state index contributed by atoms with van der Waals surface area (Å²) in [5.41, 5.74) is 2.00. The minimum Gasteiger partial charge on any atom is -0.355 e. The van der Waals surface area contributed by atoms with Gasteiger partial charge in [0.2, 0.25) is 11.8 Å². The summed E-state index contributed by atoms with van der Waals surface area (Å²) in [7, 11) is 0. The van der Waals surface area contributed by atoms with Crippen molar-refractivity contribution in [3.05, 3.63) is 71.8 Å². The summed E-state index contributed by atoms with van der Waals surface area (Å²) >= 11 is 0. The number of nitrogens with zero attached hydrogens (tertiary/aromatic N) is 1.